The highest BCUT2D eigenvalue weighted by molar-refractivity contribution is 5.96. The van der Waals surface area contributed by atoms with E-state index in [0.717, 1.165) is 24.0 Å². The zero-order valence-electron chi connectivity index (χ0n) is 12.0. The number of unbranched alkanes of at least 4 members (excludes halogenated alkanes) is 1. The van der Waals surface area contributed by atoms with Crippen LogP contribution >= 0.6 is 0 Å². The van der Waals surface area contributed by atoms with Crippen molar-refractivity contribution in [3.05, 3.63) is 34.6 Å². The average molecular weight is 280 g/mol. The number of aliphatic hydroxyl groups excluding tert-OH is 1. The zero-order valence-corrected chi connectivity index (χ0v) is 12.0. The van der Waals surface area contributed by atoms with E-state index >= 15 is 0 Å². The lowest BCUT2D eigenvalue weighted by atomic mass is 9.99. The number of hydrogen-bond acceptors (Lipinski definition) is 3. The average Bonchev–Trinajstić information content (AvgIpc) is 2.88. The van der Waals surface area contributed by atoms with Crippen molar-refractivity contribution in [1.82, 2.24) is 0 Å². The third-order valence-electron chi connectivity index (χ3n) is 3.71. The Morgan fingerprint density at radius 2 is 2.10 bits per heavy atom. The second-order valence-electron chi connectivity index (χ2n) is 5.44. The summed E-state index contributed by atoms with van der Waals surface area (Å²) in [6, 6.07) is 0. The van der Waals surface area contributed by atoms with E-state index < -0.39 is 12.3 Å². The van der Waals surface area contributed by atoms with Gasteiger partial charge in [0.05, 0.1) is 6.10 Å². The lowest BCUT2D eigenvalue weighted by molar-refractivity contribution is -0.133. The molecule has 3 nitrogen and oxygen atoms in total. The molecule has 2 unspecified atom stereocenters. The van der Waals surface area contributed by atoms with Crippen LogP contribution in [0.1, 0.15) is 46.0 Å². The maximum absolute atomic E-state index is 13.7. The van der Waals surface area contributed by atoms with Crippen LogP contribution in [0.15, 0.2) is 34.6 Å². The second kappa shape index (κ2) is 6.35. The van der Waals surface area contributed by atoms with Crippen LogP contribution in [-0.2, 0) is 9.53 Å². The van der Waals surface area contributed by atoms with Crippen molar-refractivity contribution in [2.45, 2.75) is 58.2 Å². The topological polar surface area (TPSA) is 46.5 Å². The molecule has 20 heavy (non-hydrogen) atoms. The summed E-state index contributed by atoms with van der Waals surface area (Å²) in [4.78, 5) is 11.7. The van der Waals surface area contributed by atoms with Gasteiger partial charge in [0, 0.05) is 11.1 Å². The number of carbonyl (C=O) groups excluding carboxylic acids is 1. The fourth-order valence-electron chi connectivity index (χ4n) is 2.52. The monoisotopic (exact) mass is 280 g/mol. The highest BCUT2D eigenvalue weighted by atomic mass is 19.1. The van der Waals surface area contributed by atoms with Crippen molar-refractivity contribution in [3.63, 3.8) is 0 Å². The van der Waals surface area contributed by atoms with Crippen LogP contribution in [0.3, 0.4) is 0 Å². The number of aliphatic hydroxyl groups is 1. The van der Waals surface area contributed by atoms with Crippen LogP contribution in [0.5, 0.6) is 0 Å². The Bertz CT molecular complexity index is 488. The smallest absolute Gasteiger partial charge is 0.340 e. The van der Waals surface area contributed by atoms with Crippen molar-refractivity contribution < 1.29 is 19.0 Å². The minimum Gasteiger partial charge on any atom is -0.422 e. The van der Waals surface area contributed by atoms with E-state index in [0.29, 0.717) is 24.2 Å². The molecule has 2 atom stereocenters. The zero-order chi connectivity index (χ0) is 14.7. The van der Waals surface area contributed by atoms with Gasteiger partial charge in [0.1, 0.15) is 11.9 Å². The fourth-order valence-corrected chi connectivity index (χ4v) is 2.52. The summed E-state index contributed by atoms with van der Waals surface area (Å²) in [6.07, 6.45) is 4.13. The third kappa shape index (κ3) is 3.18. The van der Waals surface area contributed by atoms with Gasteiger partial charge in [-0.05, 0) is 43.9 Å². The van der Waals surface area contributed by atoms with E-state index in [1.54, 1.807) is 0 Å². The molecule has 110 valence electrons. The van der Waals surface area contributed by atoms with Gasteiger partial charge in [0.15, 0.2) is 0 Å². The quantitative estimate of drug-likeness (QED) is 0.727. The van der Waals surface area contributed by atoms with Gasteiger partial charge in [-0.25, -0.2) is 9.18 Å². The highest BCUT2D eigenvalue weighted by Crippen LogP contribution is 2.36. The van der Waals surface area contributed by atoms with Crippen LogP contribution < -0.4 is 0 Å². The molecule has 0 saturated heterocycles. The number of ether oxygens (including phenoxy) is 1. The second-order valence-corrected chi connectivity index (χ2v) is 5.44. The number of rotatable bonds is 7. The first-order valence-corrected chi connectivity index (χ1v) is 7.20. The number of fused-ring (bicyclic) bond motifs is 1. The Kier molecular flexibility index (Phi) is 4.76. The normalized spacial score (nSPS) is 20.5. The van der Waals surface area contributed by atoms with Crippen LogP contribution in [-0.4, -0.2) is 23.4 Å². The Balaban J connectivity index is 1.94. The minimum absolute atomic E-state index is 0.249. The van der Waals surface area contributed by atoms with E-state index in [9.17, 15) is 14.3 Å². The molecular weight excluding hydrogens is 259 g/mol. The molecular formula is C16H21FO3. The summed E-state index contributed by atoms with van der Waals surface area (Å²) in [6.45, 7) is 3.92. The van der Waals surface area contributed by atoms with Crippen LogP contribution in [0, 0.1) is 0 Å². The molecule has 0 aromatic carbocycles. The van der Waals surface area contributed by atoms with Crippen molar-refractivity contribution in [1.29, 1.82) is 0 Å². The standard InChI is InChI=1S/C16H21FO3/c1-3-4-5-13(17)14(18)7-6-11-12-8-10(2)9-15(12)20-16(11)19/h8-9,13-14,18H,3-7H2,1-2H3. The summed E-state index contributed by atoms with van der Waals surface area (Å²) in [5, 5.41) is 9.80. The van der Waals surface area contributed by atoms with Crippen LogP contribution in [0.2, 0.25) is 0 Å². The van der Waals surface area contributed by atoms with Gasteiger partial charge >= 0.3 is 5.97 Å². The minimum atomic E-state index is -1.21. The van der Waals surface area contributed by atoms with Gasteiger partial charge in [0.25, 0.3) is 0 Å². The predicted octanol–water partition coefficient (Wildman–Crippen LogP) is 3.35. The lowest BCUT2D eigenvalue weighted by Gasteiger charge is -2.15. The third-order valence-corrected chi connectivity index (χ3v) is 3.71. The molecule has 1 aliphatic carbocycles. The molecule has 0 saturated carbocycles. The SMILES string of the molecule is CCCCC(F)C(O)CCC1=C2C=C(C)C=C2OC1=O. The molecule has 1 heterocycles. The number of carbonyl (C=O) groups is 1. The first kappa shape index (κ1) is 15.0. The van der Waals surface area contributed by atoms with Crippen LogP contribution in [0.4, 0.5) is 4.39 Å². The van der Waals surface area contributed by atoms with Gasteiger partial charge < -0.3 is 9.84 Å². The summed E-state index contributed by atoms with van der Waals surface area (Å²) in [5.41, 5.74) is 2.38. The van der Waals surface area contributed by atoms with E-state index in [-0.39, 0.29) is 12.4 Å². The molecule has 0 bridgehead atoms. The molecule has 0 amide bonds. The largest absolute Gasteiger partial charge is 0.422 e. The Morgan fingerprint density at radius 1 is 1.35 bits per heavy atom. The first-order chi connectivity index (χ1) is 9.52. The van der Waals surface area contributed by atoms with Crippen molar-refractivity contribution in [2.24, 2.45) is 0 Å². The number of alkyl halides is 1. The Morgan fingerprint density at radius 3 is 2.80 bits per heavy atom. The molecule has 4 heteroatoms. The molecule has 1 N–H and O–H groups in total. The number of esters is 1. The maximum Gasteiger partial charge on any atom is 0.340 e. The van der Waals surface area contributed by atoms with Gasteiger partial charge in [-0.15, -0.1) is 0 Å². The van der Waals surface area contributed by atoms with E-state index in [4.69, 9.17) is 4.74 Å². The Hall–Kier alpha value is -1.42. The summed E-state index contributed by atoms with van der Waals surface area (Å²) in [7, 11) is 0. The number of halogens is 1. The van der Waals surface area contributed by atoms with Gasteiger partial charge in [0.2, 0.25) is 0 Å². The summed E-state index contributed by atoms with van der Waals surface area (Å²) >= 11 is 0. The van der Waals surface area contributed by atoms with Crippen molar-refractivity contribution >= 4 is 5.97 Å². The molecule has 0 aromatic heterocycles. The van der Waals surface area contributed by atoms with E-state index in [1.165, 1.54) is 0 Å². The number of hydrogen-bond donors (Lipinski definition) is 1. The summed E-state index contributed by atoms with van der Waals surface area (Å²) < 4.78 is 18.8. The van der Waals surface area contributed by atoms with E-state index in [2.05, 4.69) is 0 Å². The van der Waals surface area contributed by atoms with Gasteiger partial charge in [-0.2, -0.15) is 0 Å². The Labute approximate surface area is 118 Å². The number of allylic oxidation sites excluding steroid dienone is 3. The predicted molar refractivity (Wildman–Crippen MR) is 74.6 cm³/mol. The van der Waals surface area contributed by atoms with Gasteiger partial charge in [-0.1, -0.05) is 19.8 Å². The molecule has 0 spiro atoms. The van der Waals surface area contributed by atoms with Crippen molar-refractivity contribution in [3.8, 4) is 0 Å². The molecule has 0 radical (unpaired) electrons. The fraction of sp³-hybridized carbons (Fsp3) is 0.562. The molecule has 2 aliphatic rings. The molecule has 0 aromatic rings. The molecule has 2 rings (SSSR count). The molecule has 1 aliphatic heterocycles. The first-order valence-electron chi connectivity index (χ1n) is 7.20. The van der Waals surface area contributed by atoms with Crippen LogP contribution in [0.25, 0.3) is 0 Å². The molecule has 0 fully saturated rings. The highest BCUT2D eigenvalue weighted by Gasteiger charge is 2.31. The van der Waals surface area contributed by atoms with Crippen molar-refractivity contribution in [2.75, 3.05) is 0 Å². The maximum atomic E-state index is 13.7. The van der Waals surface area contributed by atoms with E-state index in [1.807, 2.05) is 26.0 Å². The summed E-state index contributed by atoms with van der Waals surface area (Å²) in [5.74, 6) is 0.214. The lowest BCUT2D eigenvalue weighted by Crippen LogP contribution is -2.22. The van der Waals surface area contributed by atoms with Gasteiger partial charge in [-0.3, -0.25) is 0 Å².